The first-order chi connectivity index (χ1) is 8.77. The lowest BCUT2D eigenvalue weighted by atomic mass is 10.2. The molecule has 6 nitrogen and oxygen atoms in total. The largest absolute Gasteiger partial charge is 0.494 e. The van der Waals surface area contributed by atoms with E-state index in [2.05, 4.69) is 0 Å². The minimum atomic E-state index is -3.68. The molecule has 0 fully saturated rings. The van der Waals surface area contributed by atoms with Crippen LogP contribution in [0.5, 0.6) is 5.75 Å². The second kappa shape index (κ2) is 5.92. The molecule has 0 bridgehead atoms. The van der Waals surface area contributed by atoms with E-state index in [1.54, 1.807) is 13.0 Å². The Kier molecular flexibility index (Phi) is 4.77. The average molecular weight is 286 g/mol. The summed E-state index contributed by atoms with van der Waals surface area (Å²) in [5.74, 6) is -1.40. The van der Waals surface area contributed by atoms with Crippen molar-refractivity contribution in [1.29, 1.82) is 0 Å². The number of hydrogen-bond donors (Lipinski definition) is 2. The topological polar surface area (TPSA) is 112 Å². The number of carbonyl (C=O) groups is 1. The summed E-state index contributed by atoms with van der Waals surface area (Å²) in [5.41, 5.74) is 10.9. The normalized spacial score (nSPS) is 12.9. The van der Waals surface area contributed by atoms with Crippen molar-refractivity contribution in [2.75, 3.05) is 18.1 Å². The highest BCUT2D eigenvalue weighted by molar-refractivity contribution is 7.91. The molecule has 1 rings (SSSR count). The Morgan fingerprint density at radius 1 is 1.42 bits per heavy atom. The van der Waals surface area contributed by atoms with Crippen LogP contribution in [-0.2, 0) is 14.6 Å². The number of hydrogen-bond acceptors (Lipinski definition) is 5. The average Bonchev–Trinajstić information content (AvgIpc) is 2.31. The maximum Gasteiger partial charge on any atom is 0.221 e. The Hall–Kier alpha value is -1.76. The highest BCUT2D eigenvalue weighted by Gasteiger charge is 2.24. The first kappa shape index (κ1) is 15.3. The highest BCUT2D eigenvalue weighted by atomic mass is 32.2. The zero-order valence-corrected chi connectivity index (χ0v) is 11.7. The van der Waals surface area contributed by atoms with Gasteiger partial charge in [0, 0.05) is 12.0 Å². The van der Waals surface area contributed by atoms with Gasteiger partial charge in [0.05, 0.1) is 22.9 Å². The Morgan fingerprint density at radius 2 is 2.05 bits per heavy atom. The van der Waals surface area contributed by atoms with Gasteiger partial charge in [-0.2, -0.15) is 0 Å². The van der Waals surface area contributed by atoms with Crippen molar-refractivity contribution < 1.29 is 17.9 Å². The van der Waals surface area contributed by atoms with Crippen LogP contribution in [0.4, 0.5) is 5.69 Å². The highest BCUT2D eigenvalue weighted by Crippen LogP contribution is 2.26. The standard InChI is InChI=1S/C12H18N2O4S/c1-3-18-9-4-5-10(13)11(6-9)19(16,17)7-8(2)12(14)15/h4-6,8H,3,7,13H2,1-2H3,(H2,14,15). The number of sulfone groups is 1. The number of ether oxygens (including phenoxy) is 1. The summed E-state index contributed by atoms with van der Waals surface area (Å²) in [6.07, 6.45) is 0. The van der Waals surface area contributed by atoms with Crippen molar-refractivity contribution in [1.82, 2.24) is 0 Å². The molecule has 1 aromatic carbocycles. The Labute approximate surface area is 112 Å². The van der Waals surface area contributed by atoms with Crippen LogP contribution in [0.25, 0.3) is 0 Å². The number of rotatable bonds is 6. The third-order valence-electron chi connectivity index (χ3n) is 2.59. The number of nitrogens with two attached hydrogens (primary N) is 2. The van der Waals surface area contributed by atoms with Crippen molar-refractivity contribution >= 4 is 21.4 Å². The molecule has 0 aliphatic heterocycles. The van der Waals surface area contributed by atoms with Gasteiger partial charge in [-0.1, -0.05) is 6.92 Å². The summed E-state index contributed by atoms with van der Waals surface area (Å²) in [4.78, 5) is 10.9. The zero-order valence-electron chi connectivity index (χ0n) is 10.9. The Morgan fingerprint density at radius 3 is 2.58 bits per heavy atom. The second-order valence-corrected chi connectivity index (χ2v) is 6.22. The van der Waals surface area contributed by atoms with Gasteiger partial charge in [-0.15, -0.1) is 0 Å². The number of nitrogen functional groups attached to an aromatic ring is 1. The Balaban J connectivity index is 3.13. The number of amides is 1. The van der Waals surface area contributed by atoms with Crippen molar-refractivity contribution in [3.8, 4) is 5.75 Å². The molecule has 1 atom stereocenters. The summed E-state index contributed by atoms with van der Waals surface area (Å²) >= 11 is 0. The second-order valence-electron chi connectivity index (χ2n) is 4.22. The molecule has 0 heterocycles. The fourth-order valence-electron chi connectivity index (χ4n) is 1.54. The Bertz CT molecular complexity index is 569. The lowest BCUT2D eigenvalue weighted by Gasteiger charge is -2.12. The van der Waals surface area contributed by atoms with E-state index < -0.39 is 21.7 Å². The fraction of sp³-hybridized carbons (Fsp3) is 0.417. The molecule has 0 aliphatic carbocycles. The monoisotopic (exact) mass is 286 g/mol. The van der Waals surface area contributed by atoms with Crippen molar-refractivity contribution in [3.05, 3.63) is 18.2 Å². The van der Waals surface area contributed by atoms with Crippen molar-refractivity contribution in [2.24, 2.45) is 11.7 Å². The van der Waals surface area contributed by atoms with E-state index in [4.69, 9.17) is 16.2 Å². The summed E-state index contributed by atoms with van der Waals surface area (Å²) in [6.45, 7) is 3.67. The smallest absolute Gasteiger partial charge is 0.221 e. The van der Waals surface area contributed by atoms with Crippen LogP contribution in [0.15, 0.2) is 23.1 Å². The van der Waals surface area contributed by atoms with Gasteiger partial charge < -0.3 is 16.2 Å². The molecule has 4 N–H and O–H groups in total. The molecule has 106 valence electrons. The number of benzene rings is 1. The lowest BCUT2D eigenvalue weighted by molar-refractivity contribution is -0.120. The number of carbonyl (C=O) groups excluding carboxylic acids is 1. The van der Waals surface area contributed by atoms with E-state index in [9.17, 15) is 13.2 Å². The van der Waals surface area contributed by atoms with Crippen LogP contribution in [0, 0.1) is 5.92 Å². The zero-order chi connectivity index (χ0) is 14.6. The molecule has 19 heavy (non-hydrogen) atoms. The minimum Gasteiger partial charge on any atom is -0.494 e. The lowest BCUT2D eigenvalue weighted by Crippen LogP contribution is -2.27. The molecule has 1 amide bonds. The molecule has 1 unspecified atom stereocenters. The SMILES string of the molecule is CCOc1ccc(N)c(S(=O)(=O)CC(C)C(N)=O)c1. The van der Waals surface area contributed by atoms with Crippen LogP contribution in [0.2, 0.25) is 0 Å². The predicted octanol–water partition coefficient (Wildman–Crippen LogP) is 0.563. The summed E-state index contributed by atoms with van der Waals surface area (Å²) in [7, 11) is -3.68. The number of primary amides is 1. The molecule has 0 radical (unpaired) electrons. The third kappa shape index (κ3) is 3.85. The van der Waals surface area contributed by atoms with E-state index in [1.165, 1.54) is 19.1 Å². The van der Waals surface area contributed by atoms with E-state index in [0.717, 1.165) is 0 Å². The minimum absolute atomic E-state index is 0.0356. The first-order valence-corrected chi connectivity index (χ1v) is 7.47. The molecule has 1 aromatic rings. The third-order valence-corrected chi connectivity index (χ3v) is 4.55. The number of anilines is 1. The molecular weight excluding hydrogens is 268 g/mol. The van der Waals surface area contributed by atoms with E-state index in [1.807, 2.05) is 0 Å². The van der Waals surface area contributed by atoms with Gasteiger partial charge in [0.2, 0.25) is 5.91 Å². The molecule has 0 spiro atoms. The van der Waals surface area contributed by atoms with Gasteiger partial charge >= 0.3 is 0 Å². The summed E-state index contributed by atoms with van der Waals surface area (Å²) < 4.78 is 29.6. The van der Waals surface area contributed by atoms with Crippen LogP contribution in [-0.4, -0.2) is 26.7 Å². The molecular formula is C12H18N2O4S. The first-order valence-electron chi connectivity index (χ1n) is 5.82. The van der Waals surface area contributed by atoms with Gasteiger partial charge in [-0.05, 0) is 19.1 Å². The fourth-order valence-corrected chi connectivity index (χ4v) is 3.27. The van der Waals surface area contributed by atoms with E-state index in [0.29, 0.717) is 12.4 Å². The maximum absolute atomic E-state index is 12.2. The summed E-state index contributed by atoms with van der Waals surface area (Å²) in [6, 6.07) is 4.42. The predicted molar refractivity (Wildman–Crippen MR) is 72.4 cm³/mol. The molecule has 0 aliphatic rings. The van der Waals surface area contributed by atoms with Gasteiger partial charge in [0.25, 0.3) is 0 Å². The van der Waals surface area contributed by atoms with Crippen LogP contribution in [0.3, 0.4) is 0 Å². The van der Waals surface area contributed by atoms with Gasteiger partial charge in [0.1, 0.15) is 5.75 Å². The van der Waals surface area contributed by atoms with Crippen LogP contribution < -0.4 is 16.2 Å². The van der Waals surface area contributed by atoms with Crippen molar-refractivity contribution in [3.63, 3.8) is 0 Å². The van der Waals surface area contributed by atoms with Gasteiger partial charge in [-0.25, -0.2) is 8.42 Å². The molecule has 0 saturated carbocycles. The van der Waals surface area contributed by atoms with Gasteiger partial charge in [0.15, 0.2) is 9.84 Å². The summed E-state index contributed by atoms with van der Waals surface area (Å²) in [5, 5.41) is 0. The van der Waals surface area contributed by atoms with Gasteiger partial charge in [-0.3, -0.25) is 4.79 Å². The van der Waals surface area contributed by atoms with E-state index >= 15 is 0 Å². The van der Waals surface area contributed by atoms with Crippen LogP contribution in [0.1, 0.15) is 13.8 Å². The quantitative estimate of drug-likeness (QED) is 0.742. The van der Waals surface area contributed by atoms with E-state index in [-0.39, 0.29) is 16.3 Å². The molecule has 7 heteroatoms. The van der Waals surface area contributed by atoms with Crippen LogP contribution >= 0.6 is 0 Å². The van der Waals surface area contributed by atoms with Crippen molar-refractivity contribution in [2.45, 2.75) is 18.7 Å². The molecule has 0 saturated heterocycles. The molecule has 0 aromatic heterocycles. The maximum atomic E-state index is 12.2.